The second-order valence-electron chi connectivity index (χ2n) is 5.50. The van der Waals surface area contributed by atoms with Crippen molar-refractivity contribution in [3.8, 4) is 0 Å². The van der Waals surface area contributed by atoms with Crippen molar-refractivity contribution < 1.29 is 9.18 Å². The number of carbonyl (C=O) groups excluding carboxylic acids is 1. The number of aryl methyl sites for hydroxylation is 1. The molecule has 0 aliphatic heterocycles. The van der Waals surface area contributed by atoms with Crippen LogP contribution < -0.4 is 10.9 Å². The van der Waals surface area contributed by atoms with Gasteiger partial charge in [0, 0.05) is 17.8 Å². The highest BCUT2D eigenvalue weighted by atomic mass is 32.2. The Kier molecular flexibility index (Phi) is 4.84. The largest absolute Gasteiger partial charge is 0.351 e. The molecule has 1 aromatic carbocycles. The van der Waals surface area contributed by atoms with Gasteiger partial charge in [-0.2, -0.15) is 0 Å². The molecular weight excluding hydrogens is 345 g/mol. The van der Waals surface area contributed by atoms with Gasteiger partial charge in [-0.25, -0.2) is 4.39 Å². The first-order valence-electron chi connectivity index (χ1n) is 7.54. The van der Waals surface area contributed by atoms with Crippen molar-refractivity contribution in [2.24, 2.45) is 0 Å². The Morgan fingerprint density at radius 3 is 2.72 bits per heavy atom. The molecule has 7 nitrogen and oxygen atoms in total. The van der Waals surface area contributed by atoms with E-state index in [4.69, 9.17) is 0 Å². The Labute approximate surface area is 146 Å². The van der Waals surface area contributed by atoms with Crippen LogP contribution in [-0.2, 0) is 11.3 Å². The summed E-state index contributed by atoms with van der Waals surface area (Å²) in [6, 6.07) is 5.95. The first kappa shape index (κ1) is 17.2. The molecule has 2 aromatic heterocycles. The van der Waals surface area contributed by atoms with Crippen molar-refractivity contribution in [3.63, 3.8) is 0 Å². The Balaban J connectivity index is 1.64. The minimum absolute atomic E-state index is 0.152. The van der Waals surface area contributed by atoms with Crippen molar-refractivity contribution in [2.75, 3.05) is 5.75 Å². The summed E-state index contributed by atoms with van der Waals surface area (Å²) in [7, 11) is 0. The lowest BCUT2D eigenvalue weighted by Crippen LogP contribution is -2.24. The van der Waals surface area contributed by atoms with Crippen molar-refractivity contribution in [3.05, 3.63) is 57.3 Å². The zero-order valence-corrected chi connectivity index (χ0v) is 14.5. The SMILES string of the molecule is Cc1c(C)n2c(SCC(=O)NCc3ccc(F)cc3)nnc2[nH]c1=O. The fraction of sp³-hybridized carbons (Fsp3) is 0.250. The number of aromatic nitrogens is 4. The van der Waals surface area contributed by atoms with Gasteiger partial charge in [0.1, 0.15) is 5.82 Å². The van der Waals surface area contributed by atoms with Gasteiger partial charge in [-0.1, -0.05) is 23.9 Å². The molecule has 0 aliphatic rings. The third-order valence-corrected chi connectivity index (χ3v) is 4.74. The molecule has 25 heavy (non-hydrogen) atoms. The average molecular weight is 361 g/mol. The summed E-state index contributed by atoms with van der Waals surface area (Å²) in [4.78, 5) is 26.4. The van der Waals surface area contributed by atoms with E-state index in [-0.39, 0.29) is 23.0 Å². The summed E-state index contributed by atoms with van der Waals surface area (Å²) < 4.78 is 14.6. The Bertz CT molecular complexity index is 981. The van der Waals surface area contributed by atoms with Crippen molar-refractivity contribution in [1.82, 2.24) is 24.9 Å². The van der Waals surface area contributed by atoms with Gasteiger partial charge in [0.15, 0.2) is 5.16 Å². The molecule has 0 saturated carbocycles. The van der Waals surface area contributed by atoms with E-state index in [1.165, 1.54) is 23.9 Å². The van der Waals surface area contributed by atoms with Gasteiger partial charge in [0.05, 0.1) is 5.75 Å². The number of aromatic amines is 1. The third kappa shape index (κ3) is 3.71. The lowest BCUT2D eigenvalue weighted by Gasteiger charge is -2.06. The molecule has 0 bridgehead atoms. The molecule has 1 amide bonds. The van der Waals surface area contributed by atoms with Gasteiger partial charge in [-0.15, -0.1) is 10.2 Å². The van der Waals surface area contributed by atoms with Crippen molar-refractivity contribution in [2.45, 2.75) is 25.5 Å². The number of nitrogens with zero attached hydrogens (tertiary/aromatic N) is 3. The molecule has 9 heteroatoms. The number of benzene rings is 1. The van der Waals surface area contributed by atoms with Gasteiger partial charge < -0.3 is 5.32 Å². The number of hydrogen-bond acceptors (Lipinski definition) is 5. The molecule has 0 saturated heterocycles. The topological polar surface area (TPSA) is 92.2 Å². The van der Waals surface area contributed by atoms with Gasteiger partial charge in [-0.05, 0) is 31.5 Å². The van der Waals surface area contributed by atoms with Crippen LogP contribution in [-0.4, -0.2) is 31.2 Å². The van der Waals surface area contributed by atoms with Gasteiger partial charge in [0.25, 0.3) is 5.56 Å². The zero-order chi connectivity index (χ0) is 18.0. The highest BCUT2D eigenvalue weighted by Gasteiger charge is 2.14. The van der Waals surface area contributed by atoms with Gasteiger partial charge >= 0.3 is 0 Å². The predicted molar refractivity (Wildman–Crippen MR) is 92.1 cm³/mol. The molecule has 0 spiro atoms. The fourth-order valence-electron chi connectivity index (χ4n) is 2.26. The number of amides is 1. The third-order valence-electron chi connectivity index (χ3n) is 3.81. The van der Waals surface area contributed by atoms with E-state index in [1.54, 1.807) is 30.4 Å². The molecule has 0 aliphatic carbocycles. The van der Waals surface area contributed by atoms with Crippen LogP contribution in [0, 0.1) is 19.7 Å². The Morgan fingerprint density at radius 2 is 2.00 bits per heavy atom. The second-order valence-corrected chi connectivity index (χ2v) is 6.44. The smallest absolute Gasteiger partial charge is 0.255 e. The molecule has 2 N–H and O–H groups in total. The number of H-pyrrole nitrogens is 1. The van der Waals surface area contributed by atoms with Crippen LogP contribution in [0.25, 0.3) is 5.78 Å². The lowest BCUT2D eigenvalue weighted by molar-refractivity contribution is -0.118. The minimum atomic E-state index is -0.312. The maximum Gasteiger partial charge on any atom is 0.255 e. The second kappa shape index (κ2) is 7.06. The first-order valence-corrected chi connectivity index (χ1v) is 8.53. The standard InChI is InChI=1S/C16H16FN5O2S/c1-9-10(2)22-15(19-14(9)24)20-21-16(22)25-8-13(23)18-7-11-3-5-12(17)6-4-11/h3-6H,7-8H2,1-2H3,(H,18,23)(H,19,20,24). The number of nitrogens with one attached hydrogen (secondary N) is 2. The van der Waals surface area contributed by atoms with E-state index in [9.17, 15) is 14.0 Å². The Morgan fingerprint density at radius 1 is 1.28 bits per heavy atom. The quantitative estimate of drug-likeness (QED) is 0.673. The van der Waals surface area contributed by atoms with E-state index in [0.29, 0.717) is 23.0 Å². The summed E-state index contributed by atoms with van der Waals surface area (Å²) in [6.45, 7) is 3.85. The predicted octanol–water partition coefficient (Wildman–Crippen LogP) is 1.58. The van der Waals surface area contributed by atoms with Crippen LogP contribution in [0.15, 0.2) is 34.2 Å². The summed E-state index contributed by atoms with van der Waals surface area (Å²) in [5.74, 6) is 0.0137. The van der Waals surface area contributed by atoms with E-state index < -0.39 is 0 Å². The van der Waals surface area contributed by atoms with Crippen LogP contribution in [0.3, 0.4) is 0 Å². The van der Waals surface area contributed by atoms with Crippen LogP contribution in [0.4, 0.5) is 4.39 Å². The molecule has 0 unspecified atom stereocenters. The van der Waals surface area contributed by atoms with Crippen LogP contribution >= 0.6 is 11.8 Å². The van der Waals surface area contributed by atoms with Gasteiger partial charge in [0.2, 0.25) is 11.7 Å². The van der Waals surface area contributed by atoms with E-state index in [1.807, 2.05) is 0 Å². The van der Waals surface area contributed by atoms with E-state index >= 15 is 0 Å². The fourth-order valence-corrected chi connectivity index (χ4v) is 3.07. The monoisotopic (exact) mass is 361 g/mol. The maximum absolute atomic E-state index is 12.8. The summed E-state index contributed by atoms with van der Waals surface area (Å²) in [5.41, 5.74) is 1.93. The first-order chi connectivity index (χ1) is 12.0. The number of hydrogen-bond donors (Lipinski definition) is 2. The van der Waals surface area contributed by atoms with Gasteiger partial charge in [-0.3, -0.25) is 19.0 Å². The summed E-state index contributed by atoms with van der Waals surface area (Å²) in [5, 5.41) is 11.3. The number of thioether (sulfide) groups is 1. The minimum Gasteiger partial charge on any atom is -0.351 e. The maximum atomic E-state index is 12.8. The summed E-state index contributed by atoms with van der Waals surface area (Å²) >= 11 is 1.23. The molecular formula is C16H16FN5O2S. The van der Waals surface area contributed by atoms with E-state index in [0.717, 1.165) is 11.3 Å². The molecule has 3 rings (SSSR count). The molecule has 0 radical (unpaired) electrons. The lowest BCUT2D eigenvalue weighted by atomic mass is 10.2. The molecule has 0 atom stereocenters. The Hall–Kier alpha value is -2.68. The molecule has 2 heterocycles. The molecule has 0 fully saturated rings. The van der Waals surface area contributed by atoms with Crippen LogP contribution in [0.5, 0.6) is 0 Å². The number of halogens is 1. The van der Waals surface area contributed by atoms with Crippen molar-refractivity contribution in [1.29, 1.82) is 0 Å². The van der Waals surface area contributed by atoms with Crippen LogP contribution in [0.1, 0.15) is 16.8 Å². The van der Waals surface area contributed by atoms with Crippen molar-refractivity contribution >= 4 is 23.4 Å². The average Bonchev–Trinajstić information content (AvgIpc) is 3.00. The highest BCUT2D eigenvalue weighted by molar-refractivity contribution is 7.99. The zero-order valence-electron chi connectivity index (χ0n) is 13.7. The molecule has 3 aromatic rings. The summed E-state index contributed by atoms with van der Waals surface area (Å²) in [6.07, 6.45) is 0. The number of carbonyl (C=O) groups is 1. The number of fused-ring (bicyclic) bond motifs is 1. The number of rotatable bonds is 5. The molecule has 130 valence electrons. The normalized spacial score (nSPS) is 11.0. The highest BCUT2D eigenvalue weighted by Crippen LogP contribution is 2.18. The van der Waals surface area contributed by atoms with E-state index in [2.05, 4.69) is 20.5 Å². The van der Waals surface area contributed by atoms with Crippen LogP contribution in [0.2, 0.25) is 0 Å².